The van der Waals surface area contributed by atoms with Crippen LogP contribution in [-0.2, 0) is 32.3 Å². The zero-order valence-electron chi connectivity index (χ0n) is 21.3. The lowest BCUT2D eigenvalue weighted by molar-refractivity contribution is 0.171. The van der Waals surface area contributed by atoms with E-state index >= 15 is 0 Å². The maximum atomic E-state index is 13.5. The highest BCUT2D eigenvalue weighted by Crippen LogP contribution is 2.31. The lowest BCUT2D eigenvalue weighted by Gasteiger charge is -2.19. The van der Waals surface area contributed by atoms with Crippen LogP contribution in [0.4, 0.5) is 4.39 Å². The van der Waals surface area contributed by atoms with E-state index in [2.05, 4.69) is 36.3 Å². The number of benzene rings is 3. The lowest BCUT2D eigenvalue weighted by atomic mass is 9.97. The molecule has 1 unspecified atom stereocenters. The Balaban J connectivity index is 1.30. The molecule has 0 fully saturated rings. The number of halogens is 1. The van der Waals surface area contributed by atoms with Crippen LogP contribution in [0, 0.1) is 5.82 Å². The molecule has 1 aliphatic carbocycles. The monoisotopic (exact) mass is 500 g/mol. The summed E-state index contributed by atoms with van der Waals surface area (Å²) in [5.74, 6) is 0.151. The van der Waals surface area contributed by atoms with Crippen LogP contribution in [0.25, 0.3) is 10.9 Å². The van der Waals surface area contributed by atoms with Gasteiger partial charge in [0.05, 0.1) is 11.6 Å². The van der Waals surface area contributed by atoms with E-state index in [0.717, 1.165) is 31.1 Å². The van der Waals surface area contributed by atoms with Gasteiger partial charge in [0.25, 0.3) is 0 Å². The van der Waals surface area contributed by atoms with Gasteiger partial charge in [0.15, 0.2) is 0 Å². The number of fused-ring (bicyclic) bond motifs is 2. The average Bonchev–Trinajstić information content (AvgIpc) is 3.31. The van der Waals surface area contributed by atoms with Crippen molar-refractivity contribution >= 4 is 10.9 Å². The normalized spacial score (nSPS) is 14.2. The molecule has 1 heterocycles. The number of aliphatic hydroxyl groups excluding tert-OH is 1. The number of hydrogen-bond acceptors (Lipinski definition) is 4. The number of aryl methyl sites for hydroxylation is 2. The molecule has 5 nitrogen and oxygen atoms in total. The summed E-state index contributed by atoms with van der Waals surface area (Å²) >= 11 is 0. The molecule has 0 bridgehead atoms. The van der Waals surface area contributed by atoms with Crippen LogP contribution in [0.15, 0.2) is 65.5 Å². The van der Waals surface area contributed by atoms with Gasteiger partial charge in [-0.25, -0.2) is 4.39 Å². The van der Waals surface area contributed by atoms with Crippen molar-refractivity contribution in [3.8, 4) is 5.75 Å². The summed E-state index contributed by atoms with van der Waals surface area (Å²) in [5, 5.41) is 15.4. The summed E-state index contributed by atoms with van der Waals surface area (Å²) in [6.45, 7) is 4.97. The van der Waals surface area contributed by atoms with Crippen molar-refractivity contribution in [2.75, 3.05) is 6.54 Å². The van der Waals surface area contributed by atoms with Crippen molar-refractivity contribution in [3.05, 3.63) is 110 Å². The quantitative estimate of drug-likeness (QED) is 0.297. The van der Waals surface area contributed by atoms with Gasteiger partial charge in [0.1, 0.15) is 18.2 Å². The van der Waals surface area contributed by atoms with E-state index in [9.17, 15) is 14.3 Å². The first-order valence-corrected chi connectivity index (χ1v) is 13.0. The average molecular weight is 501 g/mol. The zero-order chi connectivity index (χ0) is 25.9. The van der Waals surface area contributed by atoms with Gasteiger partial charge in [0, 0.05) is 24.0 Å². The van der Waals surface area contributed by atoms with Crippen molar-refractivity contribution in [3.63, 3.8) is 0 Å². The van der Waals surface area contributed by atoms with Crippen molar-refractivity contribution < 1.29 is 14.2 Å². The van der Waals surface area contributed by atoms with Gasteiger partial charge >= 0.3 is 0 Å². The topological polar surface area (TPSA) is 74.3 Å². The summed E-state index contributed by atoms with van der Waals surface area (Å²) in [5.41, 5.74) is 7.35. The standard InChI is InChI=1S/C31H33FN2O3/c1-3-20-13-22-15-25(16-23(22)14-21(20)4-2)33-17-28(35)26-8-10-29(31-27(26)9-11-30(36)34-31)37-18-19-6-5-7-24(32)12-19/h5-14,25,28,33,35H,3-4,15-18H2,1-2H3,(H,34,36). The number of H-pyrrole nitrogens is 1. The molecule has 0 radical (unpaired) electrons. The third-order valence-electron chi connectivity index (χ3n) is 7.35. The second-order valence-electron chi connectivity index (χ2n) is 9.81. The van der Waals surface area contributed by atoms with E-state index in [1.165, 1.54) is 40.5 Å². The van der Waals surface area contributed by atoms with Gasteiger partial charge < -0.3 is 20.1 Å². The molecule has 0 saturated heterocycles. The second kappa shape index (κ2) is 10.9. The van der Waals surface area contributed by atoms with Crippen LogP contribution < -0.4 is 15.6 Å². The van der Waals surface area contributed by atoms with Crippen molar-refractivity contribution in [2.45, 2.75) is 58.3 Å². The minimum absolute atomic E-state index is 0.162. The molecule has 5 rings (SSSR count). The molecular formula is C31H33FN2O3. The van der Waals surface area contributed by atoms with Crippen LogP contribution in [0.3, 0.4) is 0 Å². The Morgan fingerprint density at radius 3 is 2.43 bits per heavy atom. The number of nitrogens with one attached hydrogen (secondary N) is 2. The van der Waals surface area contributed by atoms with Crippen LogP contribution in [0.5, 0.6) is 5.75 Å². The molecule has 1 atom stereocenters. The SMILES string of the molecule is CCc1cc2c(cc1CC)CC(NCC(O)c1ccc(OCc3cccc(F)c3)c3[nH]c(=O)ccc13)C2. The fourth-order valence-electron chi connectivity index (χ4n) is 5.41. The van der Waals surface area contributed by atoms with Crippen LogP contribution >= 0.6 is 0 Å². The summed E-state index contributed by atoms with van der Waals surface area (Å²) in [6, 6.07) is 18.0. The summed E-state index contributed by atoms with van der Waals surface area (Å²) in [6.07, 6.45) is 3.25. The van der Waals surface area contributed by atoms with E-state index in [-0.39, 0.29) is 24.0 Å². The highest BCUT2D eigenvalue weighted by atomic mass is 19.1. The Bertz CT molecular complexity index is 1450. The Kier molecular flexibility index (Phi) is 7.40. The van der Waals surface area contributed by atoms with Gasteiger partial charge in [-0.1, -0.05) is 44.2 Å². The Labute approximate surface area is 216 Å². The van der Waals surface area contributed by atoms with E-state index in [4.69, 9.17) is 4.74 Å². The van der Waals surface area contributed by atoms with Crippen LogP contribution in [0.2, 0.25) is 0 Å². The number of rotatable bonds is 9. The van der Waals surface area contributed by atoms with E-state index < -0.39 is 6.10 Å². The first-order chi connectivity index (χ1) is 17.9. The number of hydrogen-bond donors (Lipinski definition) is 3. The third-order valence-corrected chi connectivity index (χ3v) is 7.35. The third kappa shape index (κ3) is 5.45. The fraction of sp³-hybridized carbons (Fsp3) is 0.323. The number of aromatic amines is 1. The first kappa shape index (κ1) is 25.2. The summed E-state index contributed by atoms with van der Waals surface area (Å²) < 4.78 is 19.5. The van der Waals surface area contributed by atoms with Gasteiger partial charge in [0.2, 0.25) is 5.56 Å². The molecule has 3 N–H and O–H groups in total. The largest absolute Gasteiger partial charge is 0.487 e. The van der Waals surface area contributed by atoms with E-state index in [1.807, 2.05) is 6.07 Å². The maximum Gasteiger partial charge on any atom is 0.248 e. The van der Waals surface area contributed by atoms with Gasteiger partial charge in [-0.05, 0) is 83.3 Å². The van der Waals surface area contributed by atoms with Crippen LogP contribution in [-0.4, -0.2) is 22.7 Å². The molecule has 0 spiro atoms. The number of ether oxygens (including phenoxy) is 1. The highest BCUT2D eigenvalue weighted by molar-refractivity contribution is 5.87. The van der Waals surface area contributed by atoms with Crippen molar-refractivity contribution in [2.24, 2.45) is 0 Å². The number of aliphatic hydroxyl groups is 1. The molecule has 0 amide bonds. The van der Waals surface area contributed by atoms with Gasteiger partial charge in [-0.15, -0.1) is 0 Å². The number of pyridine rings is 1. The number of aromatic nitrogens is 1. The predicted molar refractivity (Wildman–Crippen MR) is 145 cm³/mol. The molecule has 192 valence electrons. The minimum Gasteiger partial charge on any atom is -0.487 e. The molecule has 37 heavy (non-hydrogen) atoms. The molecule has 1 aromatic heterocycles. The summed E-state index contributed by atoms with van der Waals surface area (Å²) in [4.78, 5) is 14.9. The molecule has 0 saturated carbocycles. The second-order valence-corrected chi connectivity index (χ2v) is 9.81. The van der Waals surface area contributed by atoms with E-state index in [1.54, 1.807) is 24.3 Å². The minimum atomic E-state index is -0.758. The molecular weight excluding hydrogens is 467 g/mol. The molecule has 3 aromatic carbocycles. The molecule has 6 heteroatoms. The van der Waals surface area contributed by atoms with E-state index in [0.29, 0.717) is 28.9 Å². The lowest BCUT2D eigenvalue weighted by Crippen LogP contribution is -2.33. The van der Waals surface area contributed by atoms with Crippen molar-refractivity contribution in [1.82, 2.24) is 10.3 Å². The molecule has 4 aromatic rings. The zero-order valence-corrected chi connectivity index (χ0v) is 21.3. The smallest absolute Gasteiger partial charge is 0.248 e. The van der Waals surface area contributed by atoms with Crippen LogP contribution in [0.1, 0.15) is 53.3 Å². The predicted octanol–water partition coefficient (Wildman–Crippen LogP) is 5.16. The first-order valence-electron chi connectivity index (χ1n) is 13.0. The Morgan fingerprint density at radius 2 is 1.76 bits per heavy atom. The summed E-state index contributed by atoms with van der Waals surface area (Å²) in [7, 11) is 0. The Hall–Kier alpha value is -3.48. The molecule has 0 aliphatic heterocycles. The molecule has 1 aliphatic rings. The fourth-order valence-corrected chi connectivity index (χ4v) is 5.41. The van der Waals surface area contributed by atoms with Gasteiger partial charge in [-0.2, -0.15) is 0 Å². The van der Waals surface area contributed by atoms with Gasteiger partial charge in [-0.3, -0.25) is 4.79 Å². The highest BCUT2D eigenvalue weighted by Gasteiger charge is 2.24. The van der Waals surface area contributed by atoms with Crippen molar-refractivity contribution in [1.29, 1.82) is 0 Å². The Morgan fingerprint density at radius 1 is 1.03 bits per heavy atom. The maximum absolute atomic E-state index is 13.5.